The van der Waals surface area contributed by atoms with Crippen molar-refractivity contribution in [1.82, 2.24) is 4.90 Å². The third kappa shape index (κ3) is 4.64. The van der Waals surface area contributed by atoms with Crippen molar-refractivity contribution in [2.75, 3.05) is 19.7 Å². The van der Waals surface area contributed by atoms with E-state index >= 15 is 0 Å². The summed E-state index contributed by atoms with van der Waals surface area (Å²) >= 11 is 0. The van der Waals surface area contributed by atoms with Crippen molar-refractivity contribution in [3.63, 3.8) is 0 Å². The number of carbonyl (C=O) groups is 1. The Kier molecular flexibility index (Phi) is 5.92. The van der Waals surface area contributed by atoms with Gasteiger partial charge < -0.3 is 9.84 Å². The Balaban J connectivity index is 2.36. The van der Waals surface area contributed by atoms with Gasteiger partial charge in [0.1, 0.15) is 0 Å². The molecule has 0 saturated carbocycles. The maximum absolute atomic E-state index is 11.5. The molecule has 0 bridgehead atoms. The highest BCUT2D eigenvalue weighted by Gasteiger charge is 2.27. The molecule has 1 aliphatic heterocycles. The van der Waals surface area contributed by atoms with Gasteiger partial charge in [-0.1, -0.05) is 6.92 Å². The summed E-state index contributed by atoms with van der Waals surface area (Å²) in [5, 5.41) is 9.38. The molecule has 0 spiro atoms. The minimum Gasteiger partial charge on any atom is -0.463 e. The highest BCUT2D eigenvalue weighted by atomic mass is 16.5. The zero-order chi connectivity index (χ0) is 12.8. The fourth-order valence-corrected chi connectivity index (χ4v) is 2.46. The van der Waals surface area contributed by atoms with Gasteiger partial charge in [-0.15, -0.1) is 0 Å². The Morgan fingerprint density at radius 3 is 2.82 bits per heavy atom. The van der Waals surface area contributed by atoms with Gasteiger partial charge in [0.15, 0.2) is 0 Å². The molecule has 4 nitrogen and oxygen atoms in total. The van der Waals surface area contributed by atoms with Crippen LogP contribution >= 0.6 is 0 Å². The van der Waals surface area contributed by atoms with E-state index in [2.05, 4.69) is 11.8 Å². The van der Waals surface area contributed by atoms with Crippen LogP contribution in [0.3, 0.4) is 0 Å². The molecule has 1 saturated heterocycles. The highest BCUT2D eigenvalue weighted by molar-refractivity contribution is 5.69. The molecule has 2 atom stereocenters. The number of aliphatic hydroxyl groups excluding tert-OH is 1. The van der Waals surface area contributed by atoms with E-state index in [9.17, 15) is 9.90 Å². The van der Waals surface area contributed by atoms with Gasteiger partial charge in [-0.3, -0.25) is 9.69 Å². The normalized spacial score (nSPS) is 26.2. The van der Waals surface area contributed by atoms with Crippen molar-refractivity contribution in [2.45, 2.75) is 52.2 Å². The predicted molar refractivity (Wildman–Crippen MR) is 66.7 cm³/mol. The van der Waals surface area contributed by atoms with E-state index in [-0.39, 0.29) is 24.7 Å². The highest BCUT2D eigenvalue weighted by Crippen LogP contribution is 2.22. The maximum atomic E-state index is 11.5. The molecule has 1 heterocycles. The van der Waals surface area contributed by atoms with Crippen LogP contribution < -0.4 is 0 Å². The fourth-order valence-electron chi connectivity index (χ4n) is 2.46. The SMILES string of the molecule is CC(C)OC(=O)CCN1CCCC(C)C1CO. The number of hydrogen-bond donors (Lipinski definition) is 1. The van der Waals surface area contributed by atoms with E-state index in [1.54, 1.807) is 0 Å². The first-order valence-electron chi connectivity index (χ1n) is 6.59. The van der Waals surface area contributed by atoms with Crippen LogP contribution in [0.5, 0.6) is 0 Å². The monoisotopic (exact) mass is 243 g/mol. The molecule has 0 amide bonds. The van der Waals surface area contributed by atoms with Gasteiger partial charge in [0.2, 0.25) is 0 Å². The first-order chi connectivity index (χ1) is 8.04. The third-order valence-electron chi connectivity index (χ3n) is 3.39. The van der Waals surface area contributed by atoms with Crippen LogP contribution in [0.2, 0.25) is 0 Å². The van der Waals surface area contributed by atoms with E-state index in [1.807, 2.05) is 13.8 Å². The lowest BCUT2D eigenvalue weighted by atomic mass is 9.91. The van der Waals surface area contributed by atoms with Crippen molar-refractivity contribution in [2.24, 2.45) is 5.92 Å². The van der Waals surface area contributed by atoms with Crippen molar-refractivity contribution in [1.29, 1.82) is 0 Å². The Labute approximate surface area is 104 Å². The summed E-state index contributed by atoms with van der Waals surface area (Å²) in [5.74, 6) is 0.366. The molecule has 4 heteroatoms. The molecule has 17 heavy (non-hydrogen) atoms. The standard InChI is InChI=1S/C13H25NO3/c1-10(2)17-13(16)6-8-14-7-4-5-11(3)12(14)9-15/h10-12,15H,4-9H2,1-3H3. The zero-order valence-corrected chi connectivity index (χ0v) is 11.2. The average Bonchev–Trinajstić information content (AvgIpc) is 2.25. The van der Waals surface area contributed by atoms with Gasteiger partial charge in [-0.2, -0.15) is 0 Å². The van der Waals surface area contributed by atoms with Gasteiger partial charge >= 0.3 is 5.97 Å². The minimum absolute atomic E-state index is 0.0450. The number of likely N-dealkylation sites (tertiary alicyclic amines) is 1. The number of ether oxygens (including phenoxy) is 1. The van der Waals surface area contributed by atoms with Crippen molar-refractivity contribution in [3.05, 3.63) is 0 Å². The van der Waals surface area contributed by atoms with E-state index in [0.717, 1.165) is 19.4 Å². The van der Waals surface area contributed by atoms with Gasteiger partial charge in [-0.05, 0) is 39.2 Å². The molecule has 0 aromatic carbocycles. The number of rotatable bonds is 5. The average molecular weight is 243 g/mol. The summed E-state index contributed by atoms with van der Waals surface area (Å²) in [6, 6.07) is 0.204. The second-order valence-electron chi connectivity index (χ2n) is 5.19. The topological polar surface area (TPSA) is 49.8 Å². The molecule has 1 aliphatic rings. The van der Waals surface area contributed by atoms with Crippen molar-refractivity contribution in [3.8, 4) is 0 Å². The van der Waals surface area contributed by atoms with Gasteiger partial charge in [0.25, 0.3) is 0 Å². The number of hydrogen-bond acceptors (Lipinski definition) is 4. The number of aliphatic hydroxyl groups is 1. The van der Waals surface area contributed by atoms with Crippen LogP contribution in [0.25, 0.3) is 0 Å². The third-order valence-corrected chi connectivity index (χ3v) is 3.39. The molecular weight excluding hydrogens is 218 g/mol. The van der Waals surface area contributed by atoms with Crippen LogP contribution in [0.1, 0.15) is 40.0 Å². The molecule has 1 N–H and O–H groups in total. The van der Waals surface area contributed by atoms with E-state index < -0.39 is 0 Å². The first-order valence-corrected chi connectivity index (χ1v) is 6.59. The van der Waals surface area contributed by atoms with E-state index in [4.69, 9.17) is 4.74 Å². The van der Waals surface area contributed by atoms with Crippen molar-refractivity contribution >= 4 is 5.97 Å². The molecule has 0 aliphatic carbocycles. The molecule has 0 aromatic heterocycles. The van der Waals surface area contributed by atoms with Crippen LogP contribution in [0.15, 0.2) is 0 Å². The summed E-state index contributed by atoms with van der Waals surface area (Å²) < 4.78 is 5.11. The second kappa shape index (κ2) is 6.97. The van der Waals surface area contributed by atoms with Crippen LogP contribution in [0.4, 0.5) is 0 Å². The molecule has 0 radical (unpaired) electrons. The predicted octanol–water partition coefficient (Wildman–Crippen LogP) is 1.42. The Morgan fingerprint density at radius 2 is 2.24 bits per heavy atom. The molecule has 100 valence electrons. The Morgan fingerprint density at radius 1 is 1.53 bits per heavy atom. The second-order valence-corrected chi connectivity index (χ2v) is 5.19. The first kappa shape index (κ1) is 14.5. The van der Waals surface area contributed by atoms with Gasteiger partial charge in [0, 0.05) is 12.6 Å². The smallest absolute Gasteiger partial charge is 0.307 e. The molecule has 1 fully saturated rings. The molecule has 2 unspecified atom stereocenters. The lowest BCUT2D eigenvalue weighted by Crippen LogP contribution is -2.47. The summed E-state index contributed by atoms with van der Waals surface area (Å²) in [4.78, 5) is 13.7. The van der Waals surface area contributed by atoms with Crippen LogP contribution in [-0.2, 0) is 9.53 Å². The molecule has 1 rings (SSSR count). The van der Waals surface area contributed by atoms with Gasteiger partial charge in [-0.25, -0.2) is 0 Å². The number of carbonyl (C=O) groups excluding carboxylic acids is 1. The Bertz CT molecular complexity index is 243. The van der Waals surface area contributed by atoms with Crippen LogP contribution in [-0.4, -0.2) is 47.8 Å². The summed E-state index contributed by atoms with van der Waals surface area (Å²) in [6.45, 7) is 7.74. The Hall–Kier alpha value is -0.610. The van der Waals surface area contributed by atoms with Gasteiger partial charge in [0.05, 0.1) is 19.1 Å². The molecular formula is C13H25NO3. The quantitative estimate of drug-likeness (QED) is 0.742. The zero-order valence-electron chi connectivity index (χ0n) is 11.2. The number of esters is 1. The lowest BCUT2D eigenvalue weighted by molar-refractivity contribution is -0.148. The van der Waals surface area contributed by atoms with Crippen LogP contribution in [0, 0.1) is 5.92 Å². The van der Waals surface area contributed by atoms with Crippen molar-refractivity contribution < 1.29 is 14.6 Å². The van der Waals surface area contributed by atoms with E-state index in [0.29, 0.717) is 18.9 Å². The summed E-state index contributed by atoms with van der Waals surface area (Å²) in [6.07, 6.45) is 2.69. The number of nitrogens with zero attached hydrogens (tertiary/aromatic N) is 1. The molecule has 0 aromatic rings. The van der Waals surface area contributed by atoms with E-state index in [1.165, 1.54) is 0 Å². The lowest BCUT2D eigenvalue weighted by Gasteiger charge is -2.38. The fraction of sp³-hybridized carbons (Fsp3) is 0.923. The summed E-state index contributed by atoms with van der Waals surface area (Å²) in [5.41, 5.74) is 0. The maximum Gasteiger partial charge on any atom is 0.307 e. The summed E-state index contributed by atoms with van der Waals surface area (Å²) in [7, 11) is 0. The number of piperidine rings is 1. The largest absolute Gasteiger partial charge is 0.463 e. The minimum atomic E-state index is -0.144.